The third-order valence-electron chi connectivity index (χ3n) is 5.72. The number of aromatic nitrogens is 2. The number of carbonyl (C=O) groups is 1. The maximum absolute atomic E-state index is 13.1. The highest BCUT2D eigenvalue weighted by Gasteiger charge is 2.24. The van der Waals surface area contributed by atoms with Crippen molar-refractivity contribution in [2.75, 3.05) is 27.7 Å². The molecule has 0 atom stereocenters. The second-order valence-corrected chi connectivity index (χ2v) is 12.8. The number of hydrogen-bond donors (Lipinski definition) is 0. The molecule has 0 unspecified atom stereocenters. The normalized spacial score (nSPS) is 11.9. The van der Waals surface area contributed by atoms with Gasteiger partial charge in [-0.3, -0.25) is 9.48 Å². The van der Waals surface area contributed by atoms with Crippen LogP contribution in [0.15, 0.2) is 58.8 Å². The lowest BCUT2D eigenvalue weighted by molar-refractivity contribution is -0.119. The summed E-state index contributed by atoms with van der Waals surface area (Å²) >= 11 is 7.01. The number of ketones is 1. The zero-order valence-corrected chi connectivity index (χ0v) is 22.8. The number of Topliss-reactive ketones (excluding diaryl/α,β-unsaturated/α-hetero) is 1. The molecule has 2 aromatic heterocycles. The van der Waals surface area contributed by atoms with Gasteiger partial charge >= 0.3 is 0 Å². The van der Waals surface area contributed by atoms with E-state index >= 15 is 0 Å². The smallest absolute Gasteiger partial charge is 0.193 e. The molecule has 0 radical (unpaired) electrons. The summed E-state index contributed by atoms with van der Waals surface area (Å²) in [4.78, 5) is 14.0. The van der Waals surface area contributed by atoms with Crippen LogP contribution >= 0.6 is 22.9 Å². The van der Waals surface area contributed by atoms with Gasteiger partial charge in [0.25, 0.3) is 0 Å². The molecule has 2 heterocycles. The molecule has 0 aliphatic rings. The molecule has 36 heavy (non-hydrogen) atoms. The van der Waals surface area contributed by atoms with Gasteiger partial charge in [-0.1, -0.05) is 41.9 Å². The highest BCUT2D eigenvalue weighted by molar-refractivity contribution is 7.92. The highest BCUT2D eigenvalue weighted by Crippen LogP contribution is 2.33. The topological polar surface area (TPSA) is 81.5 Å². The van der Waals surface area contributed by atoms with E-state index in [0.717, 1.165) is 28.0 Å². The minimum atomic E-state index is -3.63. The summed E-state index contributed by atoms with van der Waals surface area (Å²) in [5, 5.41) is 5.39. The molecule has 0 aliphatic heterocycles. The van der Waals surface area contributed by atoms with Crippen molar-refractivity contribution in [1.82, 2.24) is 14.7 Å². The number of aryl methyl sites for hydroxylation is 1. The van der Waals surface area contributed by atoms with Crippen molar-refractivity contribution in [3.8, 4) is 5.75 Å². The third-order valence-corrected chi connectivity index (χ3v) is 9.16. The Kier molecular flexibility index (Phi) is 8.14. The van der Waals surface area contributed by atoms with E-state index in [9.17, 15) is 13.2 Å². The number of hydrogen-bond acceptors (Lipinski definition) is 7. The van der Waals surface area contributed by atoms with Crippen LogP contribution in [0.3, 0.4) is 0 Å². The molecule has 190 valence electrons. The van der Waals surface area contributed by atoms with Crippen molar-refractivity contribution >= 4 is 49.5 Å². The van der Waals surface area contributed by atoms with Crippen LogP contribution in [-0.4, -0.2) is 56.6 Å². The largest absolute Gasteiger partial charge is 0.496 e. The number of carbonyl (C=O) groups excluding carboxylic acids is 1. The summed E-state index contributed by atoms with van der Waals surface area (Å²) in [6.07, 6.45) is 1.15. The number of sulfone groups is 1. The number of likely N-dealkylation sites (N-methyl/N-ethyl adjacent to an activating group) is 1. The number of methoxy groups -OCH3 is 1. The Labute approximate surface area is 220 Å². The van der Waals surface area contributed by atoms with E-state index in [1.165, 1.54) is 6.07 Å². The van der Waals surface area contributed by atoms with Crippen LogP contribution < -0.4 is 4.74 Å². The summed E-state index contributed by atoms with van der Waals surface area (Å²) < 4.78 is 34.2. The van der Waals surface area contributed by atoms with Gasteiger partial charge in [0.15, 0.2) is 9.84 Å². The van der Waals surface area contributed by atoms with Gasteiger partial charge in [0, 0.05) is 6.42 Å². The van der Waals surface area contributed by atoms with Gasteiger partial charge in [0.1, 0.15) is 21.5 Å². The van der Waals surface area contributed by atoms with Crippen molar-refractivity contribution in [3.05, 3.63) is 75.8 Å². The molecule has 0 saturated carbocycles. The molecule has 7 nitrogen and oxygen atoms in total. The molecule has 0 N–H and O–H groups in total. The standard InChI is InChI=1S/C26H28ClN3O4S2/c1-29(2)16-20(31)11-10-18-6-4-7-19(14-18)15-30-22-8-5-9-23(34-3)26(22)21(28-30)17-36(32,33)25-13-12-24(27)35-25/h4-9,12-14H,10-11,15-17H2,1-3H3. The van der Waals surface area contributed by atoms with Gasteiger partial charge in [-0.25, -0.2) is 8.42 Å². The lowest BCUT2D eigenvalue weighted by atomic mass is 10.0. The number of benzene rings is 2. The number of ether oxygens (including phenoxy) is 1. The van der Waals surface area contributed by atoms with E-state index < -0.39 is 9.84 Å². The molecular formula is C26H28ClN3O4S2. The Morgan fingerprint density at radius 3 is 2.56 bits per heavy atom. The molecule has 0 aliphatic carbocycles. The molecule has 2 aromatic carbocycles. The Balaban J connectivity index is 1.63. The number of nitrogens with zero attached hydrogens (tertiary/aromatic N) is 3. The van der Waals surface area contributed by atoms with Gasteiger partial charge in [-0.05, 0) is 55.9 Å². The number of halogens is 1. The van der Waals surface area contributed by atoms with Crippen LogP contribution in [0.1, 0.15) is 23.2 Å². The summed E-state index contributed by atoms with van der Waals surface area (Å²) in [6, 6.07) is 16.7. The zero-order valence-electron chi connectivity index (χ0n) is 20.4. The first-order valence-electron chi connectivity index (χ1n) is 11.4. The summed E-state index contributed by atoms with van der Waals surface area (Å²) in [6.45, 7) is 0.887. The fourth-order valence-electron chi connectivity index (χ4n) is 4.15. The van der Waals surface area contributed by atoms with Crippen LogP contribution in [-0.2, 0) is 33.4 Å². The van der Waals surface area contributed by atoms with Gasteiger partial charge in [-0.15, -0.1) is 11.3 Å². The number of rotatable bonds is 11. The minimum Gasteiger partial charge on any atom is -0.496 e. The average Bonchev–Trinajstić information content (AvgIpc) is 3.42. The van der Waals surface area contributed by atoms with Gasteiger partial charge in [0.2, 0.25) is 0 Å². The van der Waals surface area contributed by atoms with E-state index in [-0.39, 0.29) is 15.7 Å². The van der Waals surface area contributed by atoms with Crippen LogP contribution in [0.25, 0.3) is 10.9 Å². The molecule has 0 saturated heterocycles. The highest BCUT2D eigenvalue weighted by atomic mass is 35.5. The second kappa shape index (κ2) is 11.1. The van der Waals surface area contributed by atoms with Crippen LogP contribution in [0.4, 0.5) is 0 Å². The van der Waals surface area contributed by atoms with Gasteiger partial charge in [-0.2, -0.15) is 5.10 Å². The molecule has 0 fully saturated rings. The zero-order chi connectivity index (χ0) is 25.9. The van der Waals surface area contributed by atoms with Crippen LogP contribution in [0.2, 0.25) is 4.34 Å². The van der Waals surface area contributed by atoms with Crippen molar-refractivity contribution in [3.63, 3.8) is 0 Å². The predicted octanol–water partition coefficient (Wildman–Crippen LogP) is 4.85. The number of fused-ring (bicyclic) bond motifs is 1. The van der Waals surface area contributed by atoms with Crippen molar-refractivity contribution in [2.24, 2.45) is 0 Å². The first kappa shape index (κ1) is 26.3. The molecule has 4 rings (SSSR count). The van der Waals surface area contributed by atoms with E-state index in [4.69, 9.17) is 21.4 Å². The summed E-state index contributed by atoms with van der Waals surface area (Å²) in [7, 11) is 1.70. The minimum absolute atomic E-state index is 0.202. The Morgan fingerprint density at radius 1 is 1.11 bits per heavy atom. The van der Waals surface area contributed by atoms with E-state index in [1.807, 2.05) is 49.3 Å². The van der Waals surface area contributed by atoms with Crippen LogP contribution in [0, 0.1) is 0 Å². The fraction of sp³-hybridized carbons (Fsp3) is 0.308. The van der Waals surface area contributed by atoms with Gasteiger partial charge in [0.05, 0.1) is 41.1 Å². The SMILES string of the molecule is COc1cccc2c1c(CS(=O)(=O)c1ccc(Cl)s1)nn2Cc1cccc(CCC(=O)CN(C)C)c1. The van der Waals surface area contributed by atoms with Crippen molar-refractivity contribution in [2.45, 2.75) is 29.3 Å². The van der Waals surface area contributed by atoms with E-state index in [1.54, 1.807) is 23.9 Å². The maximum Gasteiger partial charge on any atom is 0.193 e. The second-order valence-electron chi connectivity index (χ2n) is 8.87. The molecule has 10 heteroatoms. The molecule has 4 aromatic rings. The molecule has 0 bridgehead atoms. The fourth-order valence-corrected chi connectivity index (χ4v) is 7.00. The monoisotopic (exact) mass is 545 g/mol. The van der Waals surface area contributed by atoms with Crippen LogP contribution in [0.5, 0.6) is 5.75 Å². The summed E-state index contributed by atoms with van der Waals surface area (Å²) in [5.41, 5.74) is 3.30. The first-order valence-corrected chi connectivity index (χ1v) is 14.3. The molecule has 0 spiro atoms. The Morgan fingerprint density at radius 2 is 1.86 bits per heavy atom. The lowest BCUT2D eigenvalue weighted by Crippen LogP contribution is -2.21. The first-order chi connectivity index (χ1) is 17.2. The number of thiophene rings is 1. The van der Waals surface area contributed by atoms with E-state index in [2.05, 4.69) is 6.07 Å². The molecular weight excluding hydrogens is 518 g/mol. The third kappa shape index (κ3) is 6.15. The van der Waals surface area contributed by atoms with Crippen molar-refractivity contribution < 1.29 is 17.9 Å². The summed E-state index contributed by atoms with van der Waals surface area (Å²) in [5.74, 6) is 0.511. The average molecular weight is 546 g/mol. The Hall–Kier alpha value is -2.72. The van der Waals surface area contributed by atoms with Crippen molar-refractivity contribution in [1.29, 1.82) is 0 Å². The predicted molar refractivity (Wildman–Crippen MR) is 144 cm³/mol. The van der Waals surface area contributed by atoms with Gasteiger partial charge < -0.3 is 9.64 Å². The maximum atomic E-state index is 13.1. The van der Waals surface area contributed by atoms with E-state index in [0.29, 0.717) is 47.1 Å². The quantitative estimate of drug-likeness (QED) is 0.268. The lowest BCUT2D eigenvalue weighted by Gasteiger charge is -2.09. The Bertz CT molecular complexity index is 1490. The molecule has 0 amide bonds.